The van der Waals surface area contributed by atoms with Gasteiger partial charge in [-0.25, -0.2) is 8.42 Å². The number of carbonyl (C=O) groups is 1. The van der Waals surface area contributed by atoms with Gasteiger partial charge in [0.15, 0.2) is 0 Å². The van der Waals surface area contributed by atoms with E-state index < -0.39 is 15.9 Å². The summed E-state index contributed by atoms with van der Waals surface area (Å²) in [5.41, 5.74) is 1.18. The number of ether oxygens (including phenoxy) is 1. The SMILES string of the molecule is CCN(c1ccccc1)S(=O)(=O)c1ccccc1NC(=O)c1ccc(OC)cc1. The van der Waals surface area contributed by atoms with Gasteiger partial charge in [0.1, 0.15) is 10.6 Å². The lowest BCUT2D eigenvalue weighted by atomic mass is 10.2. The van der Waals surface area contributed by atoms with Gasteiger partial charge < -0.3 is 10.1 Å². The number of sulfonamides is 1. The van der Waals surface area contributed by atoms with Crippen LogP contribution in [0.5, 0.6) is 5.75 Å². The number of nitrogens with zero attached hydrogens (tertiary/aromatic N) is 1. The Bertz CT molecular complexity index is 1080. The van der Waals surface area contributed by atoms with Crippen molar-refractivity contribution in [3.05, 3.63) is 84.4 Å². The first-order valence-corrected chi connectivity index (χ1v) is 10.5. The van der Waals surface area contributed by atoms with E-state index >= 15 is 0 Å². The number of hydrogen-bond donors (Lipinski definition) is 1. The van der Waals surface area contributed by atoms with E-state index in [1.165, 1.54) is 10.4 Å². The van der Waals surface area contributed by atoms with E-state index in [0.717, 1.165) is 0 Å². The topological polar surface area (TPSA) is 75.7 Å². The van der Waals surface area contributed by atoms with E-state index in [1.54, 1.807) is 80.8 Å². The zero-order valence-electron chi connectivity index (χ0n) is 16.2. The Balaban J connectivity index is 1.94. The average molecular weight is 410 g/mol. The number of para-hydroxylation sites is 2. The van der Waals surface area contributed by atoms with Crippen molar-refractivity contribution >= 4 is 27.3 Å². The molecule has 1 N–H and O–H groups in total. The van der Waals surface area contributed by atoms with Crippen molar-refractivity contribution in [1.82, 2.24) is 0 Å². The smallest absolute Gasteiger partial charge is 0.266 e. The number of rotatable bonds is 7. The molecule has 0 aliphatic heterocycles. The molecule has 0 aliphatic carbocycles. The summed E-state index contributed by atoms with van der Waals surface area (Å²) < 4.78 is 33.1. The largest absolute Gasteiger partial charge is 0.497 e. The molecule has 150 valence electrons. The van der Waals surface area contributed by atoms with Gasteiger partial charge in [-0.1, -0.05) is 30.3 Å². The molecule has 0 fully saturated rings. The molecule has 0 unspecified atom stereocenters. The van der Waals surface area contributed by atoms with Crippen molar-refractivity contribution in [1.29, 1.82) is 0 Å². The molecule has 1 amide bonds. The molecular weight excluding hydrogens is 388 g/mol. The molecule has 0 aromatic heterocycles. The zero-order chi connectivity index (χ0) is 20.9. The van der Waals surface area contributed by atoms with Crippen LogP contribution < -0.4 is 14.4 Å². The van der Waals surface area contributed by atoms with Crippen LogP contribution in [0.25, 0.3) is 0 Å². The van der Waals surface area contributed by atoms with E-state index in [0.29, 0.717) is 17.0 Å². The maximum absolute atomic E-state index is 13.3. The highest BCUT2D eigenvalue weighted by Crippen LogP contribution is 2.28. The molecular formula is C22H22N2O4S. The fourth-order valence-corrected chi connectivity index (χ4v) is 4.56. The molecule has 7 heteroatoms. The van der Waals surface area contributed by atoms with Crippen LogP contribution in [-0.2, 0) is 10.0 Å². The van der Waals surface area contributed by atoms with Crippen LogP contribution >= 0.6 is 0 Å². The van der Waals surface area contributed by atoms with Crippen LogP contribution in [0.4, 0.5) is 11.4 Å². The lowest BCUT2D eigenvalue weighted by molar-refractivity contribution is 0.102. The Morgan fingerprint density at radius 2 is 1.55 bits per heavy atom. The quantitative estimate of drug-likeness (QED) is 0.635. The van der Waals surface area contributed by atoms with Crippen molar-refractivity contribution in [3.8, 4) is 5.75 Å². The molecule has 3 aromatic rings. The monoisotopic (exact) mass is 410 g/mol. The van der Waals surface area contributed by atoms with E-state index in [2.05, 4.69) is 5.32 Å². The lowest BCUT2D eigenvalue weighted by Gasteiger charge is -2.24. The fourth-order valence-electron chi connectivity index (χ4n) is 2.94. The first-order chi connectivity index (χ1) is 14.0. The second-order valence-corrected chi connectivity index (χ2v) is 8.01. The summed E-state index contributed by atoms with van der Waals surface area (Å²) in [6.07, 6.45) is 0. The van der Waals surface area contributed by atoms with Crippen molar-refractivity contribution in [2.24, 2.45) is 0 Å². The summed E-state index contributed by atoms with van der Waals surface area (Å²) in [7, 11) is -2.33. The summed E-state index contributed by atoms with van der Waals surface area (Å²) in [6, 6.07) is 21.8. The summed E-state index contributed by atoms with van der Waals surface area (Å²) >= 11 is 0. The van der Waals surface area contributed by atoms with Gasteiger partial charge in [-0.05, 0) is 55.5 Å². The summed E-state index contributed by atoms with van der Waals surface area (Å²) in [6.45, 7) is 2.02. The third-order valence-corrected chi connectivity index (χ3v) is 6.35. The number of benzene rings is 3. The predicted octanol–water partition coefficient (Wildman–Crippen LogP) is 4.16. The second kappa shape index (κ2) is 8.79. The molecule has 6 nitrogen and oxygen atoms in total. The first kappa shape index (κ1) is 20.4. The minimum Gasteiger partial charge on any atom is -0.497 e. The first-order valence-electron chi connectivity index (χ1n) is 9.09. The molecule has 0 aliphatic rings. The number of methoxy groups -OCH3 is 1. The molecule has 3 rings (SSSR count). The summed E-state index contributed by atoms with van der Waals surface area (Å²) in [5.74, 6) is 0.226. The Morgan fingerprint density at radius 3 is 2.17 bits per heavy atom. The highest BCUT2D eigenvalue weighted by Gasteiger charge is 2.26. The van der Waals surface area contributed by atoms with Gasteiger partial charge in [-0.2, -0.15) is 0 Å². The third-order valence-electron chi connectivity index (χ3n) is 4.39. The van der Waals surface area contributed by atoms with Gasteiger partial charge in [-0.3, -0.25) is 9.10 Å². The van der Waals surface area contributed by atoms with Gasteiger partial charge in [0.25, 0.3) is 15.9 Å². The van der Waals surface area contributed by atoms with Gasteiger partial charge in [0, 0.05) is 12.1 Å². The number of amides is 1. The van der Waals surface area contributed by atoms with Gasteiger partial charge >= 0.3 is 0 Å². The average Bonchev–Trinajstić information content (AvgIpc) is 2.75. The lowest BCUT2D eigenvalue weighted by Crippen LogP contribution is -2.31. The minimum atomic E-state index is -3.87. The fraction of sp³-hybridized carbons (Fsp3) is 0.136. The van der Waals surface area contributed by atoms with Gasteiger partial charge in [-0.15, -0.1) is 0 Å². The molecule has 0 spiro atoms. The van der Waals surface area contributed by atoms with Crippen LogP contribution in [0, 0.1) is 0 Å². The Morgan fingerprint density at radius 1 is 0.931 bits per heavy atom. The molecule has 0 heterocycles. The summed E-state index contributed by atoms with van der Waals surface area (Å²) in [5, 5.41) is 2.72. The van der Waals surface area contributed by atoms with Crippen molar-refractivity contribution in [2.75, 3.05) is 23.3 Å². The minimum absolute atomic E-state index is 0.0348. The van der Waals surface area contributed by atoms with Crippen LogP contribution in [0.1, 0.15) is 17.3 Å². The maximum atomic E-state index is 13.3. The molecule has 0 saturated carbocycles. The second-order valence-electron chi connectivity index (χ2n) is 6.18. The molecule has 3 aromatic carbocycles. The standard InChI is InChI=1S/C22H22N2O4S/c1-3-24(18-9-5-4-6-10-18)29(26,27)21-12-8-7-11-20(21)23-22(25)17-13-15-19(28-2)16-14-17/h4-16H,3H2,1-2H3,(H,23,25). The number of nitrogens with one attached hydrogen (secondary N) is 1. The van der Waals surface area contributed by atoms with Crippen molar-refractivity contribution in [2.45, 2.75) is 11.8 Å². The zero-order valence-corrected chi connectivity index (χ0v) is 17.0. The molecule has 0 bridgehead atoms. The molecule has 0 radical (unpaired) electrons. The van der Waals surface area contributed by atoms with Gasteiger partial charge in [0.2, 0.25) is 0 Å². The number of carbonyl (C=O) groups excluding carboxylic acids is 1. The highest BCUT2D eigenvalue weighted by molar-refractivity contribution is 7.93. The molecule has 29 heavy (non-hydrogen) atoms. The highest BCUT2D eigenvalue weighted by atomic mass is 32.2. The normalized spacial score (nSPS) is 11.0. The predicted molar refractivity (Wildman–Crippen MR) is 114 cm³/mol. The van der Waals surface area contributed by atoms with Crippen molar-refractivity contribution in [3.63, 3.8) is 0 Å². The third kappa shape index (κ3) is 4.41. The summed E-state index contributed by atoms with van der Waals surface area (Å²) in [4.78, 5) is 12.7. The Labute approximate surface area is 170 Å². The van der Waals surface area contributed by atoms with Crippen LogP contribution in [0.3, 0.4) is 0 Å². The Kier molecular flexibility index (Phi) is 6.19. The van der Waals surface area contributed by atoms with E-state index in [1.807, 2.05) is 6.07 Å². The van der Waals surface area contributed by atoms with Crippen LogP contribution in [0.15, 0.2) is 83.8 Å². The van der Waals surface area contributed by atoms with E-state index in [9.17, 15) is 13.2 Å². The Hall–Kier alpha value is -3.32. The van der Waals surface area contributed by atoms with Crippen LogP contribution in [-0.4, -0.2) is 28.0 Å². The van der Waals surface area contributed by atoms with Crippen LogP contribution in [0.2, 0.25) is 0 Å². The van der Waals surface area contributed by atoms with E-state index in [4.69, 9.17) is 4.74 Å². The number of hydrogen-bond acceptors (Lipinski definition) is 4. The van der Waals surface area contributed by atoms with E-state index in [-0.39, 0.29) is 17.1 Å². The molecule has 0 saturated heterocycles. The van der Waals surface area contributed by atoms with Gasteiger partial charge in [0.05, 0.1) is 18.5 Å². The van der Waals surface area contributed by atoms with Crippen molar-refractivity contribution < 1.29 is 17.9 Å². The molecule has 0 atom stereocenters. The number of anilines is 2. The maximum Gasteiger partial charge on any atom is 0.266 e.